The van der Waals surface area contributed by atoms with E-state index in [0.717, 1.165) is 4.31 Å². The lowest BCUT2D eigenvalue weighted by Crippen LogP contribution is -2.23. The molecule has 0 aliphatic heterocycles. The Morgan fingerprint density at radius 1 is 1.24 bits per heavy atom. The van der Waals surface area contributed by atoms with Crippen LogP contribution in [0.15, 0.2) is 23.1 Å². The predicted molar refractivity (Wildman–Crippen MR) is 90.9 cm³/mol. The Kier molecular flexibility index (Phi) is 4.84. The van der Waals surface area contributed by atoms with Gasteiger partial charge in [-0.05, 0) is 23.6 Å². The van der Waals surface area contributed by atoms with E-state index in [2.05, 4.69) is 5.32 Å². The number of nitrogens with one attached hydrogen (secondary N) is 1. The Morgan fingerprint density at radius 2 is 1.84 bits per heavy atom. The number of carboxylic acid groups (broad SMARTS) is 1. The average molecular weight is 370 g/mol. The van der Waals surface area contributed by atoms with Crippen LogP contribution in [-0.4, -0.2) is 50.9 Å². The first-order chi connectivity index (χ1) is 11.4. The third kappa shape index (κ3) is 3.34. The van der Waals surface area contributed by atoms with E-state index >= 15 is 0 Å². The molecular weight excluding hydrogens is 348 g/mol. The number of hydrogen-bond acceptors (Lipinski definition) is 5. The molecule has 2 atom stereocenters. The predicted octanol–water partition coefficient (Wildman–Crippen LogP) is 1.24. The molecule has 1 aliphatic rings. The molecule has 1 aliphatic carbocycles. The Hall–Kier alpha value is -2.13. The minimum Gasteiger partial charge on any atom is -0.495 e. The van der Waals surface area contributed by atoms with E-state index in [-0.39, 0.29) is 16.3 Å². The fourth-order valence-corrected chi connectivity index (χ4v) is 3.88. The first-order valence-electron chi connectivity index (χ1n) is 7.58. The highest BCUT2D eigenvalue weighted by atomic mass is 32.2. The van der Waals surface area contributed by atoms with Gasteiger partial charge in [0, 0.05) is 14.1 Å². The van der Waals surface area contributed by atoms with Crippen molar-refractivity contribution in [1.29, 1.82) is 0 Å². The van der Waals surface area contributed by atoms with Gasteiger partial charge in [0.15, 0.2) is 0 Å². The molecular formula is C16H22N2O6S. The van der Waals surface area contributed by atoms with Gasteiger partial charge in [0.05, 0.1) is 29.5 Å². The van der Waals surface area contributed by atoms with Crippen LogP contribution in [0.2, 0.25) is 0 Å². The van der Waals surface area contributed by atoms with Crippen molar-refractivity contribution in [2.75, 3.05) is 26.5 Å². The molecule has 1 fully saturated rings. The maximum Gasteiger partial charge on any atom is 0.307 e. The number of hydrogen-bond donors (Lipinski definition) is 2. The average Bonchev–Trinajstić information content (AvgIpc) is 3.10. The van der Waals surface area contributed by atoms with Gasteiger partial charge in [-0.2, -0.15) is 0 Å². The van der Waals surface area contributed by atoms with Crippen LogP contribution in [0.3, 0.4) is 0 Å². The third-order valence-electron chi connectivity index (χ3n) is 4.58. The van der Waals surface area contributed by atoms with E-state index in [9.17, 15) is 23.1 Å². The Bertz CT molecular complexity index is 816. The minimum absolute atomic E-state index is 0.00144. The lowest BCUT2D eigenvalue weighted by Gasteiger charge is -2.15. The second kappa shape index (κ2) is 6.30. The van der Waals surface area contributed by atoms with Crippen LogP contribution >= 0.6 is 0 Å². The maximum absolute atomic E-state index is 12.5. The largest absolute Gasteiger partial charge is 0.495 e. The highest BCUT2D eigenvalue weighted by Crippen LogP contribution is 2.58. The Balaban J connectivity index is 2.33. The van der Waals surface area contributed by atoms with Crippen molar-refractivity contribution in [3.05, 3.63) is 18.2 Å². The number of nitrogens with zero attached hydrogens (tertiary/aromatic N) is 1. The fraction of sp³-hybridized carbons (Fsp3) is 0.500. The summed E-state index contributed by atoms with van der Waals surface area (Å²) in [7, 11) is 0.525. The van der Waals surface area contributed by atoms with Gasteiger partial charge in [0.2, 0.25) is 15.9 Å². The molecule has 0 bridgehead atoms. The smallest absolute Gasteiger partial charge is 0.307 e. The number of carbonyl (C=O) groups excluding carboxylic acids is 1. The molecule has 0 saturated heterocycles. The van der Waals surface area contributed by atoms with Gasteiger partial charge in [-0.1, -0.05) is 13.8 Å². The number of carboxylic acids is 1. The fourth-order valence-electron chi connectivity index (χ4n) is 2.95. The number of carbonyl (C=O) groups is 2. The highest BCUT2D eigenvalue weighted by molar-refractivity contribution is 7.89. The van der Waals surface area contributed by atoms with Gasteiger partial charge < -0.3 is 15.2 Å². The molecule has 138 valence electrons. The van der Waals surface area contributed by atoms with Crippen LogP contribution in [0, 0.1) is 17.3 Å². The molecule has 9 heteroatoms. The topological polar surface area (TPSA) is 113 Å². The molecule has 0 radical (unpaired) electrons. The van der Waals surface area contributed by atoms with Crippen molar-refractivity contribution < 1.29 is 27.9 Å². The zero-order valence-electron chi connectivity index (χ0n) is 14.7. The minimum atomic E-state index is -3.68. The Labute approximate surface area is 146 Å². The number of ether oxygens (including phenoxy) is 1. The van der Waals surface area contributed by atoms with Crippen LogP contribution in [0.4, 0.5) is 5.69 Å². The molecule has 0 aromatic heterocycles. The molecule has 2 N–H and O–H groups in total. The number of amides is 1. The summed E-state index contributed by atoms with van der Waals surface area (Å²) in [6, 6.07) is 4.13. The normalized spacial score (nSPS) is 21.7. The van der Waals surface area contributed by atoms with Gasteiger partial charge in [-0.25, -0.2) is 12.7 Å². The first kappa shape index (κ1) is 19.2. The van der Waals surface area contributed by atoms with Crippen molar-refractivity contribution in [1.82, 2.24) is 4.31 Å². The summed E-state index contributed by atoms with van der Waals surface area (Å²) in [5.41, 5.74) is -0.474. The van der Waals surface area contributed by atoms with Gasteiger partial charge in [0.1, 0.15) is 5.75 Å². The Morgan fingerprint density at radius 3 is 2.28 bits per heavy atom. The van der Waals surface area contributed by atoms with E-state index < -0.39 is 39.2 Å². The molecule has 1 amide bonds. The van der Waals surface area contributed by atoms with Gasteiger partial charge >= 0.3 is 5.97 Å². The zero-order chi connectivity index (χ0) is 19.2. The van der Waals surface area contributed by atoms with Gasteiger partial charge in [-0.3, -0.25) is 9.59 Å². The molecule has 1 saturated carbocycles. The van der Waals surface area contributed by atoms with Crippen LogP contribution < -0.4 is 10.1 Å². The molecule has 1 aromatic carbocycles. The summed E-state index contributed by atoms with van der Waals surface area (Å²) in [5, 5.41) is 11.8. The number of methoxy groups -OCH3 is 1. The number of sulfonamides is 1. The molecule has 25 heavy (non-hydrogen) atoms. The van der Waals surface area contributed by atoms with Crippen molar-refractivity contribution in [2.24, 2.45) is 17.3 Å². The maximum atomic E-state index is 12.5. The van der Waals surface area contributed by atoms with E-state index in [1.807, 2.05) is 0 Å². The van der Waals surface area contributed by atoms with Gasteiger partial charge in [-0.15, -0.1) is 0 Å². The second-order valence-electron chi connectivity index (χ2n) is 6.75. The van der Waals surface area contributed by atoms with Crippen molar-refractivity contribution >= 4 is 27.6 Å². The molecule has 2 rings (SSSR count). The third-order valence-corrected chi connectivity index (χ3v) is 6.39. The zero-order valence-corrected chi connectivity index (χ0v) is 15.5. The van der Waals surface area contributed by atoms with Crippen LogP contribution in [-0.2, 0) is 19.6 Å². The lowest BCUT2D eigenvalue weighted by atomic mass is 10.1. The standard InChI is InChI=1S/C16H22N2O6S/c1-16(2)12(13(16)15(20)21)14(19)17-10-8-9(6-7-11(10)24-5)25(22,23)18(3)4/h6-8,12-13H,1-5H3,(H,17,19)(H,20,21)/t12-,13+/m1/s1. The van der Waals surface area contributed by atoms with E-state index in [1.54, 1.807) is 13.8 Å². The SMILES string of the molecule is COc1ccc(S(=O)(=O)N(C)C)cc1NC(=O)[C@H]1[C@@H](C(=O)O)C1(C)C. The lowest BCUT2D eigenvalue weighted by molar-refractivity contribution is -0.140. The first-order valence-corrected chi connectivity index (χ1v) is 9.02. The summed E-state index contributed by atoms with van der Waals surface area (Å²) in [6.45, 7) is 3.42. The van der Waals surface area contributed by atoms with E-state index in [4.69, 9.17) is 4.74 Å². The van der Waals surface area contributed by atoms with Crippen molar-refractivity contribution in [3.63, 3.8) is 0 Å². The number of rotatable bonds is 6. The summed E-state index contributed by atoms with van der Waals surface area (Å²) >= 11 is 0. The molecule has 1 aromatic rings. The number of anilines is 1. The van der Waals surface area contributed by atoms with Crippen molar-refractivity contribution in [3.8, 4) is 5.75 Å². The number of aliphatic carboxylic acids is 1. The van der Waals surface area contributed by atoms with Gasteiger partial charge in [0.25, 0.3) is 0 Å². The highest BCUT2D eigenvalue weighted by Gasteiger charge is 2.65. The molecule has 0 heterocycles. The molecule has 0 spiro atoms. The van der Waals surface area contributed by atoms with Crippen LogP contribution in [0.25, 0.3) is 0 Å². The molecule has 8 nitrogen and oxygen atoms in total. The summed E-state index contributed by atoms with van der Waals surface area (Å²) in [6.07, 6.45) is 0. The number of benzene rings is 1. The summed E-state index contributed by atoms with van der Waals surface area (Å²) in [5.74, 6) is -2.68. The second-order valence-corrected chi connectivity index (χ2v) is 8.91. The summed E-state index contributed by atoms with van der Waals surface area (Å²) < 4.78 is 30.7. The van der Waals surface area contributed by atoms with E-state index in [0.29, 0.717) is 0 Å². The quantitative estimate of drug-likeness (QED) is 0.779. The van der Waals surface area contributed by atoms with E-state index in [1.165, 1.54) is 39.4 Å². The molecule has 0 unspecified atom stereocenters. The summed E-state index contributed by atoms with van der Waals surface area (Å²) in [4.78, 5) is 23.7. The van der Waals surface area contributed by atoms with Crippen LogP contribution in [0.5, 0.6) is 5.75 Å². The van der Waals surface area contributed by atoms with Crippen molar-refractivity contribution in [2.45, 2.75) is 18.7 Å². The monoisotopic (exact) mass is 370 g/mol. The van der Waals surface area contributed by atoms with Crippen LogP contribution in [0.1, 0.15) is 13.8 Å².